The summed E-state index contributed by atoms with van der Waals surface area (Å²) < 4.78 is 5.82. The highest BCUT2D eigenvalue weighted by atomic mass is 16.5. The number of fused-ring (bicyclic) bond motifs is 1. The van der Waals surface area contributed by atoms with Crippen LogP contribution in [0.25, 0.3) is 10.8 Å². The normalized spacial score (nSPS) is 12.4. The number of benzene rings is 2. The number of amides is 1. The summed E-state index contributed by atoms with van der Waals surface area (Å²) >= 11 is 0. The van der Waals surface area contributed by atoms with Gasteiger partial charge in [-0.1, -0.05) is 30.3 Å². The van der Waals surface area contributed by atoms with Crippen LogP contribution in [0.1, 0.15) is 26.3 Å². The van der Waals surface area contributed by atoms with E-state index in [0.717, 1.165) is 16.3 Å². The Morgan fingerprint density at radius 1 is 1.19 bits per heavy atom. The Bertz CT molecular complexity index is 638. The predicted molar refractivity (Wildman–Crippen MR) is 85.2 cm³/mol. The second-order valence-electron chi connectivity index (χ2n) is 5.39. The molecule has 0 fully saturated rings. The zero-order valence-corrected chi connectivity index (χ0v) is 12.7. The molecule has 3 N–H and O–H groups in total. The van der Waals surface area contributed by atoms with Crippen molar-refractivity contribution < 1.29 is 9.53 Å². The zero-order chi connectivity index (χ0) is 15.4. The zero-order valence-electron chi connectivity index (χ0n) is 12.7. The largest absolute Gasteiger partial charge is 0.481 e. The lowest BCUT2D eigenvalue weighted by molar-refractivity contribution is -0.127. The van der Waals surface area contributed by atoms with Gasteiger partial charge in [-0.15, -0.1) is 0 Å². The van der Waals surface area contributed by atoms with Gasteiger partial charge in [0, 0.05) is 18.2 Å². The molecule has 2 aromatic rings. The van der Waals surface area contributed by atoms with Gasteiger partial charge in [-0.3, -0.25) is 4.79 Å². The smallest absolute Gasteiger partial charge is 0.260 e. The van der Waals surface area contributed by atoms with E-state index in [9.17, 15) is 4.79 Å². The molecule has 0 spiro atoms. The van der Waals surface area contributed by atoms with E-state index in [4.69, 9.17) is 10.5 Å². The van der Waals surface area contributed by atoms with Crippen molar-refractivity contribution in [3.05, 3.63) is 42.0 Å². The molecule has 1 atom stereocenters. The highest BCUT2D eigenvalue weighted by Gasteiger charge is 2.17. The molecular formula is C17H22N2O2. The monoisotopic (exact) mass is 286 g/mol. The van der Waals surface area contributed by atoms with Gasteiger partial charge in [0.1, 0.15) is 5.75 Å². The van der Waals surface area contributed by atoms with Crippen LogP contribution < -0.4 is 15.8 Å². The Labute approximate surface area is 125 Å². The molecule has 2 aromatic carbocycles. The van der Waals surface area contributed by atoms with Gasteiger partial charge in [0.2, 0.25) is 0 Å². The van der Waals surface area contributed by atoms with Crippen LogP contribution in [-0.2, 0) is 11.3 Å². The molecule has 1 unspecified atom stereocenters. The summed E-state index contributed by atoms with van der Waals surface area (Å²) in [5.41, 5.74) is 6.80. The lowest BCUT2D eigenvalue weighted by Crippen LogP contribution is -2.40. The molecule has 21 heavy (non-hydrogen) atoms. The van der Waals surface area contributed by atoms with Gasteiger partial charge in [0.15, 0.2) is 6.10 Å². The van der Waals surface area contributed by atoms with E-state index in [1.54, 1.807) is 6.92 Å². The van der Waals surface area contributed by atoms with Crippen molar-refractivity contribution in [3.63, 3.8) is 0 Å². The van der Waals surface area contributed by atoms with Gasteiger partial charge in [-0.05, 0) is 37.6 Å². The summed E-state index contributed by atoms with van der Waals surface area (Å²) in [6.07, 6.45) is -0.557. The van der Waals surface area contributed by atoms with E-state index in [1.165, 1.54) is 0 Å². The van der Waals surface area contributed by atoms with Crippen LogP contribution in [-0.4, -0.2) is 18.1 Å². The van der Waals surface area contributed by atoms with Crippen molar-refractivity contribution >= 4 is 16.7 Å². The number of hydrogen-bond donors (Lipinski definition) is 2. The standard InChI is InChI=1S/C17H22N2O2/c1-11(2)19-17(20)12(3)21-16-9-8-13-6-4-5-7-14(13)15(16)10-18/h4-9,11-12H,10,18H2,1-3H3,(H,19,20). The third-order valence-electron chi connectivity index (χ3n) is 3.31. The Balaban J connectivity index is 2.28. The minimum Gasteiger partial charge on any atom is -0.481 e. The van der Waals surface area contributed by atoms with Crippen LogP contribution in [0, 0.1) is 0 Å². The summed E-state index contributed by atoms with van der Waals surface area (Å²) in [6.45, 7) is 5.96. The van der Waals surface area contributed by atoms with Crippen LogP contribution in [0.2, 0.25) is 0 Å². The lowest BCUT2D eigenvalue weighted by Gasteiger charge is -2.19. The summed E-state index contributed by atoms with van der Waals surface area (Å²) in [5.74, 6) is 0.545. The minimum atomic E-state index is -0.557. The molecule has 0 aromatic heterocycles. The van der Waals surface area contributed by atoms with Crippen LogP contribution in [0.3, 0.4) is 0 Å². The van der Waals surface area contributed by atoms with E-state index in [0.29, 0.717) is 12.3 Å². The van der Waals surface area contributed by atoms with Crippen molar-refractivity contribution in [1.29, 1.82) is 0 Å². The molecule has 4 heteroatoms. The Morgan fingerprint density at radius 3 is 2.57 bits per heavy atom. The first kappa shape index (κ1) is 15.3. The average molecular weight is 286 g/mol. The molecule has 0 aliphatic carbocycles. The molecule has 1 amide bonds. The second-order valence-corrected chi connectivity index (χ2v) is 5.39. The summed E-state index contributed by atoms with van der Waals surface area (Å²) in [5, 5.41) is 5.02. The molecule has 0 saturated carbocycles. The lowest BCUT2D eigenvalue weighted by atomic mass is 10.0. The number of carbonyl (C=O) groups excluding carboxylic acids is 1. The molecule has 0 aliphatic rings. The number of nitrogens with two attached hydrogens (primary N) is 1. The maximum Gasteiger partial charge on any atom is 0.260 e. The van der Waals surface area contributed by atoms with E-state index in [1.807, 2.05) is 50.2 Å². The average Bonchev–Trinajstić information content (AvgIpc) is 2.46. The van der Waals surface area contributed by atoms with E-state index >= 15 is 0 Å². The third-order valence-corrected chi connectivity index (χ3v) is 3.31. The molecule has 0 saturated heterocycles. The molecule has 0 heterocycles. The Kier molecular flexibility index (Phi) is 4.81. The van der Waals surface area contributed by atoms with Gasteiger partial charge in [0.25, 0.3) is 5.91 Å². The fraction of sp³-hybridized carbons (Fsp3) is 0.353. The highest BCUT2D eigenvalue weighted by Crippen LogP contribution is 2.28. The van der Waals surface area contributed by atoms with Crippen LogP contribution in [0.5, 0.6) is 5.75 Å². The van der Waals surface area contributed by atoms with Gasteiger partial charge in [0.05, 0.1) is 0 Å². The molecule has 0 bridgehead atoms. The predicted octanol–water partition coefficient (Wildman–Crippen LogP) is 2.59. The first-order valence-corrected chi connectivity index (χ1v) is 7.20. The van der Waals surface area contributed by atoms with Crippen molar-refractivity contribution in [2.24, 2.45) is 5.73 Å². The molecular weight excluding hydrogens is 264 g/mol. The Hall–Kier alpha value is -2.07. The van der Waals surface area contributed by atoms with Gasteiger partial charge < -0.3 is 15.8 Å². The van der Waals surface area contributed by atoms with Gasteiger partial charge in [-0.2, -0.15) is 0 Å². The van der Waals surface area contributed by atoms with Crippen LogP contribution >= 0.6 is 0 Å². The summed E-state index contributed by atoms with van der Waals surface area (Å²) in [6, 6.07) is 12.0. The first-order valence-electron chi connectivity index (χ1n) is 7.20. The van der Waals surface area contributed by atoms with E-state index in [2.05, 4.69) is 5.32 Å². The topological polar surface area (TPSA) is 64.3 Å². The molecule has 0 radical (unpaired) electrons. The van der Waals surface area contributed by atoms with Crippen LogP contribution in [0.15, 0.2) is 36.4 Å². The van der Waals surface area contributed by atoms with Crippen molar-refractivity contribution in [2.45, 2.75) is 39.5 Å². The second kappa shape index (κ2) is 6.59. The van der Waals surface area contributed by atoms with E-state index in [-0.39, 0.29) is 11.9 Å². The third kappa shape index (κ3) is 3.52. The number of hydrogen-bond acceptors (Lipinski definition) is 3. The number of ether oxygens (including phenoxy) is 1. The fourth-order valence-corrected chi connectivity index (χ4v) is 2.28. The first-order chi connectivity index (χ1) is 10.0. The molecule has 4 nitrogen and oxygen atoms in total. The van der Waals surface area contributed by atoms with E-state index < -0.39 is 6.10 Å². The van der Waals surface area contributed by atoms with Crippen LogP contribution in [0.4, 0.5) is 0 Å². The summed E-state index contributed by atoms with van der Waals surface area (Å²) in [7, 11) is 0. The van der Waals surface area contributed by atoms with Crippen molar-refractivity contribution in [3.8, 4) is 5.75 Å². The fourth-order valence-electron chi connectivity index (χ4n) is 2.28. The summed E-state index contributed by atoms with van der Waals surface area (Å²) in [4.78, 5) is 12.0. The van der Waals surface area contributed by atoms with Gasteiger partial charge in [-0.25, -0.2) is 0 Å². The number of nitrogens with one attached hydrogen (secondary N) is 1. The minimum absolute atomic E-state index is 0.0918. The molecule has 0 aliphatic heterocycles. The Morgan fingerprint density at radius 2 is 1.90 bits per heavy atom. The maximum atomic E-state index is 12.0. The SMILES string of the molecule is CC(C)NC(=O)C(C)Oc1ccc2ccccc2c1CN. The number of rotatable bonds is 5. The van der Waals surface area contributed by atoms with Crippen molar-refractivity contribution in [1.82, 2.24) is 5.32 Å². The van der Waals surface area contributed by atoms with Gasteiger partial charge >= 0.3 is 0 Å². The molecule has 112 valence electrons. The quantitative estimate of drug-likeness (QED) is 0.888. The molecule has 2 rings (SSSR count). The van der Waals surface area contributed by atoms with Crippen molar-refractivity contribution in [2.75, 3.05) is 0 Å². The maximum absolute atomic E-state index is 12.0. The number of carbonyl (C=O) groups is 1. The highest BCUT2D eigenvalue weighted by molar-refractivity contribution is 5.88.